The van der Waals surface area contributed by atoms with Gasteiger partial charge in [-0.2, -0.15) is 0 Å². The van der Waals surface area contributed by atoms with E-state index >= 15 is 0 Å². The van der Waals surface area contributed by atoms with E-state index in [2.05, 4.69) is 6.58 Å². The number of benzene rings is 1. The zero-order valence-corrected chi connectivity index (χ0v) is 16.1. The summed E-state index contributed by atoms with van der Waals surface area (Å²) in [6.45, 7) is 8.07. The second kappa shape index (κ2) is 6.79. The van der Waals surface area contributed by atoms with Gasteiger partial charge >= 0.3 is 11.9 Å². The van der Waals surface area contributed by atoms with Crippen LogP contribution in [-0.2, 0) is 16.5 Å². The van der Waals surface area contributed by atoms with Crippen molar-refractivity contribution in [2.24, 2.45) is 7.05 Å². The van der Waals surface area contributed by atoms with Crippen molar-refractivity contribution in [3.8, 4) is 0 Å². The highest BCUT2D eigenvalue weighted by Gasteiger charge is 2.33. The molecule has 0 fully saturated rings. The number of methoxy groups -OCH3 is 2. The summed E-state index contributed by atoms with van der Waals surface area (Å²) >= 11 is 0. The van der Waals surface area contributed by atoms with Crippen molar-refractivity contribution < 1.29 is 19.1 Å². The normalized spacial score (nSPS) is 10.9. The Morgan fingerprint density at radius 3 is 2.11 bits per heavy atom. The molecule has 0 N–H and O–H groups in total. The summed E-state index contributed by atoms with van der Waals surface area (Å²) in [7, 11) is 4.43. The van der Waals surface area contributed by atoms with Crippen molar-refractivity contribution >= 4 is 23.2 Å². The van der Waals surface area contributed by atoms with Gasteiger partial charge in [0.05, 0.1) is 14.2 Å². The lowest BCUT2D eigenvalue weighted by molar-refractivity contribution is 0.0550. The average Bonchev–Trinajstić information content (AvgIpc) is 3.16. The average molecular weight is 366 g/mol. The van der Waals surface area contributed by atoms with Crippen LogP contribution in [0.3, 0.4) is 0 Å². The van der Waals surface area contributed by atoms with E-state index in [-0.39, 0.29) is 11.3 Å². The van der Waals surface area contributed by atoms with Crippen LogP contribution in [0.1, 0.15) is 43.2 Å². The van der Waals surface area contributed by atoms with Crippen molar-refractivity contribution in [1.82, 2.24) is 8.97 Å². The lowest BCUT2D eigenvalue weighted by atomic mass is 9.96. The van der Waals surface area contributed by atoms with Crippen LogP contribution in [0.4, 0.5) is 0 Å². The van der Waals surface area contributed by atoms with Crippen LogP contribution in [0.5, 0.6) is 0 Å². The Balaban J connectivity index is 2.43. The fraction of sp³-hybridized carbons (Fsp3) is 0.238. The van der Waals surface area contributed by atoms with E-state index in [9.17, 15) is 9.59 Å². The van der Waals surface area contributed by atoms with Gasteiger partial charge in [0, 0.05) is 24.5 Å². The molecule has 1 aromatic carbocycles. The molecule has 0 aliphatic carbocycles. The Morgan fingerprint density at radius 1 is 0.963 bits per heavy atom. The second-order valence-electron chi connectivity index (χ2n) is 6.47. The molecule has 0 aliphatic rings. The molecule has 0 spiro atoms. The van der Waals surface area contributed by atoms with Gasteiger partial charge in [0.25, 0.3) is 0 Å². The molecule has 2 heterocycles. The number of carbonyl (C=O) groups excluding carboxylic acids is 2. The van der Waals surface area contributed by atoms with Gasteiger partial charge in [0.1, 0.15) is 16.9 Å². The van der Waals surface area contributed by atoms with Crippen LogP contribution in [0, 0.1) is 13.8 Å². The van der Waals surface area contributed by atoms with Crippen molar-refractivity contribution in [2.45, 2.75) is 13.8 Å². The first-order chi connectivity index (χ1) is 12.8. The minimum absolute atomic E-state index is 0.140. The molecule has 0 aliphatic heterocycles. The van der Waals surface area contributed by atoms with Crippen LogP contribution in [0.15, 0.2) is 37.0 Å². The molecule has 0 atom stereocenters. The fourth-order valence-corrected chi connectivity index (χ4v) is 3.41. The van der Waals surface area contributed by atoms with Crippen LogP contribution < -0.4 is 0 Å². The molecule has 3 aromatic rings. The molecular formula is C21H22N2O4. The van der Waals surface area contributed by atoms with Crippen LogP contribution >= 0.6 is 0 Å². The molecule has 0 saturated carbocycles. The van der Waals surface area contributed by atoms with E-state index in [4.69, 9.17) is 9.47 Å². The highest BCUT2D eigenvalue weighted by Crippen LogP contribution is 2.35. The number of esters is 2. The summed E-state index contributed by atoms with van der Waals surface area (Å²) in [4.78, 5) is 25.2. The van der Waals surface area contributed by atoms with Gasteiger partial charge in [0.15, 0.2) is 0 Å². The summed E-state index contributed by atoms with van der Waals surface area (Å²) in [5, 5.41) is 0. The number of ether oxygens (including phenoxy) is 2. The van der Waals surface area contributed by atoms with Gasteiger partial charge in [-0.05, 0) is 25.0 Å². The standard InChI is InChI=1S/C21H22N2O4/c1-12-7-9-15(10-8-12)14(3)16-17(20(24)26-5)18(21(25)27-6)23-13(2)11-22(4)19(16)23/h7-11H,3H2,1-2,4-6H3. The molecule has 27 heavy (non-hydrogen) atoms. The quantitative estimate of drug-likeness (QED) is 0.663. The van der Waals surface area contributed by atoms with Crippen molar-refractivity contribution in [1.29, 1.82) is 0 Å². The Hall–Kier alpha value is -3.28. The third-order valence-electron chi connectivity index (χ3n) is 4.68. The molecule has 2 aromatic heterocycles. The lowest BCUT2D eigenvalue weighted by Gasteiger charge is -2.10. The predicted octanol–water partition coefficient (Wildman–Crippen LogP) is 3.53. The third kappa shape index (κ3) is 2.83. The molecule has 6 heteroatoms. The Kier molecular flexibility index (Phi) is 4.66. The second-order valence-corrected chi connectivity index (χ2v) is 6.47. The van der Waals surface area contributed by atoms with Gasteiger partial charge in [-0.1, -0.05) is 36.4 Å². The fourth-order valence-electron chi connectivity index (χ4n) is 3.41. The summed E-state index contributed by atoms with van der Waals surface area (Å²) < 4.78 is 13.5. The van der Waals surface area contributed by atoms with Gasteiger partial charge in [0.2, 0.25) is 0 Å². The maximum Gasteiger partial charge on any atom is 0.356 e. The number of fused-ring (bicyclic) bond motifs is 1. The van der Waals surface area contributed by atoms with E-state index in [0.717, 1.165) is 16.8 Å². The SMILES string of the molecule is C=C(c1ccc(C)cc1)c1c(C(=O)OC)c(C(=O)OC)n2c(C)cn(C)c12. The summed E-state index contributed by atoms with van der Waals surface area (Å²) in [6, 6.07) is 7.83. The number of aromatic nitrogens is 2. The van der Waals surface area contributed by atoms with E-state index in [1.165, 1.54) is 14.2 Å². The highest BCUT2D eigenvalue weighted by molar-refractivity contribution is 6.10. The third-order valence-corrected chi connectivity index (χ3v) is 4.68. The van der Waals surface area contributed by atoms with Crippen LogP contribution in [0.25, 0.3) is 11.2 Å². The first-order valence-corrected chi connectivity index (χ1v) is 8.45. The largest absolute Gasteiger partial charge is 0.465 e. The maximum atomic E-state index is 12.7. The first kappa shape index (κ1) is 18.5. The topological polar surface area (TPSA) is 61.9 Å². The Morgan fingerprint density at radius 2 is 1.56 bits per heavy atom. The summed E-state index contributed by atoms with van der Waals surface area (Å²) in [5.74, 6) is -1.22. The number of nitrogens with zero attached hydrogens (tertiary/aromatic N) is 2. The molecule has 0 saturated heterocycles. The summed E-state index contributed by atoms with van der Waals surface area (Å²) in [6.07, 6.45) is 1.88. The zero-order valence-electron chi connectivity index (χ0n) is 16.1. The molecule has 140 valence electrons. The van der Waals surface area contributed by atoms with E-state index in [1.807, 2.05) is 55.9 Å². The molecule has 0 unspecified atom stereocenters. The minimum Gasteiger partial charge on any atom is -0.465 e. The van der Waals surface area contributed by atoms with Gasteiger partial charge in [-0.15, -0.1) is 0 Å². The zero-order chi connectivity index (χ0) is 19.9. The van der Waals surface area contributed by atoms with E-state index in [1.54, 1.807) is 4.40 Å². The van der Waals surface area contributed by atoms with Crippen LogP contribution in [0.2, 0.25) is 0 Å². The monoisotopic (exact) mass is 366 g/mol. The molecular weight excluding hydrogens is 344 g/mol. The van der Waals surface area contributed by atoms with Gasteiger partial charge < -0.3 is 14.0 Å². The molecule has 0 radical (unpaired) electrons. The summed E-state index contributed by atoms with van der Waals surface area (Å²) in [5.41, 5.74) is 4.93. The number of imidazole rings is 1. The smallest absolute Gasteiger partial charge is 0.356 e. The minimum atomic E-state index is -0.609. The lowest BCUT2D eigenvalue weighted by Crippen LogP contribution is -2.14. The molecule has 3 rings (SSSR count). The number of aryl methyl sites for hydroxylation is 3. The van der Waals surface area contributed by atoms with Crippen molar-refractivity contribution in [3.63, 3.8) is 0 Å². The molecule has 0 bridgehead atoms. The molecule has 0 amide bonds. The number of hydrogen-bond donors (Lipinski definition) is 0. The van der Waals surface area contributed by atoms with E-state index < -0.39 is 11.9 Å². The number of carbonyl (C=O) groups is 2. The van der Waals surface area contributed by atoms with Crippen LogP contribution in [-0.4, -0.2) is 35.1 Å². The Bertz CT molecular complexity index is 1070. The van der Waals surface area contributed by atoms with Gasteiger partial charge in [-0.25, -0.2) is 9.59 Å². The Labute approximate surface area is 157 Å². The number of hydrogen-bond acceptors (Lipinski definition) is 4. The van der Waals surface area contributed by atoms with Crippen molar-refractivity contribution in [3.05, 3.63) is 70.7 Å². The highest BCUT2D eigenvalue weighted by atomic mass is 16.5. The number of rotatable bonds is 4. The maximum absolute atomic E-state index is 12.7. The molecule has 6 nitrogen and oxygen atoms in total. The van der Waals surface area contributed by atoms with E-state index in [0.29, 0.717) is 16.8 Å². The predicted molar refractivity (Wildman–Crippen MR) is 103 cm³/mol. The van der Waals surface area contributed by atoms with Gasteiger partial charge in [-0.3, -0.25) is 4.40 Å². The van der Waals surface area contributed by atoms with Crippen molar-refractivity contribution in [2.75, 3.05) is 14.2 Å². The first-order valence-electron chi connectivity index (χ1n) is 8.45.